The summed E-state index contributed by atoms with van der Waals surface area (Å²) in [4.78, 5) is 25.9. The number of amides is 2. The molecule has 3 aromatic rings. The Morgan fingerprint density at radius 1 is 0.893 bits per heavy atom. The Bertz CT molecular complexity index is 859. The van der Waals surface area contributed by atoms with Gasteiger partial charge in [-0.15, -0.1) is 0 Å². The molecule has 5 heteroatoms. The van der Waals surface area contributed by atoms with Crippen molar-refractivity contribution in [3.8, 4) is 0 Å². The molecule has 4 nitrogen and oxygen atoms in total. The summed E-state index contributed by atoms with van der Waals surface area (Å²) in [7, 11) is 0. The molecule has 142 valence electrons. The fourth-order valence-corrected chi connectivity index (χ4v) is 3.19. The minimum absolute atomic E-state index is 0.0362. The van der Waals surface area contributed by atoms with Gasteiger partial charge in [-0.2, -0.15) is 0 Å². The van der Waals surface area contributed by atoms with Crippen molar-refractivity contribution in [1.29, 1.82) is 0 Å². The van der Waals surface area contributed by atoms with Gasteiger partial charge < -0.3 is 10.2 Å². The average Bonchev–Trinajstić information content (AvgIpc) is 2.74. The molecule has 2 amide bonds. The van der Waals surface area contributed by atoms with Crippen molar-refractivity contribution in [3.63, 3.8) is 0 Å². The molecular weight excluding hydrogens is 372 g/mol. The van der Waals surface area contributed by atoms with Gasteiger partial charge >= 0.3 is 0 Å². The highest BCUT2D eigenvalue weighted by molar-refractivity contribution is 6.30. The lowest BCUT2D eigenvalue weighted by Crippen LogP contribution is -2.38. The number of nitrogens with zero attached hydrogens (tertiary/aromatic N) is 1. The van der Waals surface area contributed by atoms with Gasteiger partial charge in [-0.1, -0.05) is 84.4 Å². The van der Waals surface area contributed by atoms with Gasteiger partial charge in [0.1, 0.15) is 6.54 Å². The Morgan fingerprint density at radius 2 is 1.43 bits per heavy atom. The molecule has 0 saturated carbocycles. The summed E-state index contributed by atoms with van der Waals surface area (Å²) in [5, 5.41) is 3.51. The molecule has 0 unspecified atom stereocenters. The molecule has 0 bridgehead atoms. The SMILES string of the molecule is O=CN(CC(=O)NCc1ccc(Cl)cc1)C(c1ccccc1)c1ccccc1. The first-order valence-corrected chi connectivity index (χ1v) is 9.37. The Balaban J connectivity index is 1.74. The van der Waals surface area contributed by atoms with Crippen LogP contribution in [-0.2, 0) is 16.1 Å². The number of hydrogen-bond acceptors (Lipinski definition) is 2. The Labute approximate surface area is 169 Å². The first-order chi connectivity index (χ1) is 13.7. The number of nitrogens with one attached hydrogen (secondary N) is 1. The first-order valence-electron chi connectivity index (χ1n) is 8.99. The second-order valence-corrected chi connectivity index (χ2v) is 6.84. The summed E-state index contributed by atoms with van der Waals surface area (Å²) < 4.78 is 0. The zero-order valence-corrected chi connectivity index (χ0v) is 16.0. The van der Waals surface area contributed by atoms with Crippen molar-refractivity contribution >= 4 is 23.9 Å². The summed E-state index contributed by atoms with van der Waals surface area (Å²) in [6, 6.07) is 26.3. The summed E-state index contributed by atoms with van der Waals surface area (Å²) in [5.41, 5.74) is 2.84. The van der Waals surface area contributed by atoms with Crippen molar-refractivity contribution in [1.82, 2.24) is 10.2 Å². The van der Waals surface area contributed by atoms with Crippen LogP contribution in [0.25, 0.3) is 0 Å². The lowest BCUT2D eigenvalue weighted by atomic mass is 9.97. The number of carbonyl (C=O) groups is 2. The Kier molecular flexibility index (Phi) is 6.82. The summed E-state index contributed by atoms with van der Waals surface area (Å²) >= 11 is 5.88. The van der Waals surface area contributed by atoms with E-state index in [1.54, 1.807) is 12.1 Å². The first kappa shape index (κ1) is 19.6. The molecule has 0 aromatic heterocycles. The van der Waals surface area contributed by atoms with E-state index in [1.807, 2.05) is 72.8 Å². The van der Waals surface area contributed by atoms with Crippen molar-refractivity contribution in [3.05, 3.63) is 107 Å². The van der Waals surface area contributed by atoms with Crippen LogP contribution in [0.3, 0.4) is 0 Å². The third-order valence-corrected chi connectivity index (χ3v) is 4.68. The van der Waals surface area contributed by atoms with E-state index in [1.165, 1.54) is 4.90 Å². The predicted octanol–water partition coefficient (Wildman–Crippen LogP) is 4.20. The highest BCUT2D eigenvalue weighted by Gasteiger charge is 2.23. The third kappa shape index (κ3) is 5.21. The van der Waals surface area contributed by atoms with Crippen molar-refractivity contribution in [2.75, 3.05) is 6.54 Å². The van der Waals surface area contributed by atoms with Crippen molar-refractivity contribution < 1.29 is 9.59 Å². The monoisotopic (exact) mass is 392 g/mol. The van der Waals surface area contributed by atoms with E-state index in [-0.39, 0.29) is 18.5 Å². The van der Waals surface area contributed by atoms with Gasteiger partial charge in [0, 0.05) is 11.6 Å². The number of halogens is 1. The van der Waals surface area contributed by atoms with Crippen LogP contribution in [0.5, 0.6) is 0 Å². The molecule has 0 radical (unpaired) electrons. The fraction of sp³-hybridized carbons (Fsp3) is 0.130. The Morgan fingerprint density at radius 3 is 1.93 bits per heavy atom. The minimum Gasteiger partial charge on any atom is -0.350 e. The average molecular weight is 393 g/mol. The molecule has 0 aliphatic rings. The second kappa shape index (κ2) is 9.72. The lowest BCUT2D eigenvalue weighted by molar-refractivity contribution is -0.129. The third-order valence-electron chi connectivity index (χ3n) is 4.43. The van der Waals surface area contributed by atoms with Crippen LogP contribution in [0.4, 0.5) is 0 Å². The summed E-state index contributed by atoms with van der Waals surface area (Å²) in [6.45, 7) is 0.343. The zero-order valence-electron chi connectivity index (χ0n) is 15.3. The number of benzene rings is 3. The smallest absolute Gasteiger partial charge is 0.239 e. The van der Waals surface area contributed by atoms with Crippen molar-refractivity contribution in [2.45, 2.75) is 12.6 Å². The maximum Gasteiger partial charge on any atom is 0.239 e. The van der Waals surface area contributed by atoms with Crippen molar-refractivity contribution in [2.24, 2.45) is 0 Å². The maximum absolute atomic E-state index is 12.5. The van der Waals surface area contributed by atoms with Gasteiger partial charge in [-0.3, -0.25) is 9.59 Å². The lowest BCUT2D eigenvalue weighted by Gasteiger charge is -2.29. The van der Waals surface area contributed by atoms with Crippen LogP contribution in [0.15, 0.2) is 84.9 Å². The Hall–Kier alpha value is -3.11. The van der Waals surface area contributed by atoms with E-state index in [0.29, 0.717) is 11.6 Å². The van der Waals surface area contributed by atoms with Gasteiger partial charge in [0.2, 0.25) is 12.3 Å². The second-order valence-electron chi connectivity index (χ2n) is 6.40. The van der Waals surface area contributed by atoms with E-state index in [2.05, 4.69) is 5.32 Å². The minimum atomic E-state index is -0.332. The molecule has 0 fully saturated rings. The number of hydrogen-bond donors (Lipinski definition) is 1. The fourth-order valence-electron chi connectivity index (χ4n) is 3.06. The normalized spacial score (nSPS) is 10.5. The van der Waals surface area contributed by atoms with Gasteiger partial charge in [0.15, 0.2) is 0 Å². The molecule has 0 saturated heterocycles. The topological polar surface area (TPSA) is 49.4 Å². The summed E-state index contributed by atoms with van der Waals surface area (Å²) in [6.07, 6.45) is 0.729. The molecule has 0 aliphatic carbocycles. The van der Waals surface area contributed by atoms with Crippen LogP contribution in [0.2, 0.25) is 5.02 Å². The van der Waals surface area contributed by atoms with Crippen LogP contribution < -0.4 is 5.32 Å². The van der Waals surface area contributed by atoms with Crippen LogP contribution >= 0.6 is 11.6 Å². The predicted molar refractivity (Wildman–Crippen MR) is 111 cm³/mol. The standard InChI is InChI=1S/C23H21ClN2O2/c24-21-13-11-18(12-14-21)15-25-22(28)16-26(17-27)23(19-7-3-1-4-8-19)20-9-5-2-6-10-20/h1-14,17,23H,15-16H2,(H,25,28). The molecule has 0 aliphatic heterocycles. The molecule has 0 atom stereocenters. The van der Waals surface area contributed by atoms with E-state index in [4.69, 9.17) is 11.6 Å². The molecule has 0 heterocycles. The van der Waals surface area contributed by atoms with E-state index in [0.717, 1.165) is 23.1 Å². The molecular formula is C23H21ClN2O2. The molecule has 3 rings (SSSR count). The molecule has 1 N–H and O–H groups in total. The number of rotatable bonds is 8. The maximum atomic E-state index is 12.5. The number of carbonyl (C=O) groups excluding carboxylic acids is 2. The summed E-state index contributed by atoms with van der Waals surface area (Å²) in [5.74, 6) is -0.223. The molecule has 3 aromatic carbocycles. The van der Waals surface area contributed by atoms with E-state index >= 15 is 0 Å². The van der Waals surface area contributed by atoms with Gasteiger partial charge in [-0.25, -0.2) is 0 Å². The van der Waals surface area contributed by atoms with Crippen LogP contribution in [-0.4, -0.2) is 23.8 Å². The van der Waals surface area contributed by atoms with E-state index < -0.39 is 0 Å². The van der Waals surface area contributed by atoms with Gasteiger partial charge in [0.05, 0.1) is 6.04 Å². The van der Waals surface area contributed by atoms with Crippen LogP contribution in [0, 0.1) is 0 Å². The zero-order chi connectivity index (χ0) is 19.8. The van der Waals surface area contributed by atoms with Gasteiger partial charge in [-0.05, 0) is 28.8 Å². The van der Waals surface area contributed by atoms with Gasteiger partial charge in [0.25, 0.3) is 0 Å². The molecule has 28 heavy (non-hydrogen) atoms. The highest BCUT2D eigenvalue weighted by Crippen LogP contribution is 2.27. The van der Waals surface area contributed by atoms with E-state index in [9.17, 15) is 9.59 Å². The molecule has 0 spiro atoms. The van der Waals surface area contributed by atoms with Crippen LogP contribution in [0.1, 0.15) is 22.7 Å². The highest BCUT2D eigenvalue weighted by atomic mass is 35.5. The largest absolute Gasteiger partial charge is 0.350 e. The quantitative estimate of drug-likeness (QED) is 0.584.